The van der Waals surface area contributed by atoms with Crippen LogP contribution < -0.4 is 10.1 Å². The molecule has 1 unspecified atom stereocenters. The van der Waals surface area contributed by atoms with Gasteiger partial charge in [0.2, 0.25) is 34.8 Å². The fourth-order valence-corrected chi connectivity index (χ4v) is 4.01. The van der Waals surface area contributed by atoms with Gasteiger partial charge in [-0.1, -0.05) is 59.3 Å². The Morgan fingerprint density at radius 1 is 0.844 bits per heavy atom. The Labute approximate surface area is 186 Å². The van der Waals surface area contributed by atoms with Crippen LogP contribution in [0.25, 0.3) is 0 Å². The standard InChI is InChI=1S/C23H34F5NO3/c1-5-8-9-10-11-12-13-15(23(6-2,7-3)31-4)14-29-22(30)32-21-19(27)17(25)16(24)18(26)20(21)28/h15H,5-14H2,1-4H3,(H,29,30). The Bertz CT molecular complexity index is 704. The lowest BCUT2D eigenvalue weighted by molar-refractivity contribution is -0.0668. The molecule has 0 saturated carbocycles. The molecule has 0 bridgehead atoms. The second-order valence-corrected chi connectivity index (χ2v) is 7.90. The fraction of sp³-hybridized carbons (Fsp3) is 0.696. The molecule has 0 spiro atoms. The lowest BCUT2D eigenvalue weighted by Gasteiger charge is -2.38. The van der Waals surface area contributed by atoms with Gasteiger partial charge in [-0.25, -0.2) is 18.0 Å². The summed E-state index contributed by atoms with van der Waals surface area (Å²) in [6.07, 6.45) is 7.31. The molecule has 1 rings (SSSR count). The molecule has 0 heterocycles. The minimum Gasteiger partial charge on any atom is -0.404 e. The first-order chi connectivity index (χ1) is 15.2. The van der Waals surface area contributed by atoms with E-state index in [0.717, 1.165) is 38.5 Å². The van der Waals surface area contributed by atoms with Gasteiger partial charge >= 0.3 is 6.09 Å². The zero-order chi connectivity index (χ0) is 24.3. The van der Waals surface area contributed by atoms with Crippen LogP contribution in [-0.4, -0.2) is 25.3 Å². The molecule has 184 valence electrons. The second kappa shape index (κ2) is 13.6. The summed E-state index contributed by atoms with van der Waals surface area (Å²) in [6.45, 7) is 6.14. The number of carbonyl (C=O) groups excluding carboxylic acids is 1. The predicted octanol–water partition coefficient (Wildman–Crippen LogP) is 7.04. The van der Waals surface area contributed by atoms with E-state index in [2.05, 4.69) is 17.0 Å². The molecule has 0 aliphatic heterocycles. The van der Waals surface area contributed by atoms with Gasteiger partial charge < -0.3 is 14.8 Å². The van der Waals surface area contributed by atoms with Crippen molar-refractivity contribution in [3.05, 3.63) is 29.1 Å². The molecule has 1 aromatic carbocycles. The van der Waals surface area contributed by atoms with Crippen molar-refractivity contribution in [2.24, 2.45) is 5.92 Å². The molecule has 0 aliphatic rings. The molecule has 32 heavy (non-hydrogen) atoms. The highest BCUT2D eigenvalue weighted by molar-refractivity contribution is 5.70. The normalized spacial score (nSPS) is 12.7. The highest BCUT2D eigenvalue weighted by Gasteiger charge is 2.36. The van der Waals surface area contributed by atoms with Gasteiger partial charge in [-0.3, -0.25) is 0 Å². The van der Waals surface area contributed by atoms with Gasteiger partial charge in [0.15, 0.2) is 0 Å². The predicted molar refractivity (Wildman–Crippen MR) is 112 cm³/mol. The molecule has 4 nitrogen and oxygen atoms in total. The zero-order valence-electron chi connectivity index (χ0n) is 19.3. The summed E-state index contributed by atoms with van der Waals surface area (Å²) in [5, 5.41) is 2.40. The van der Waals surface area contributed by atoms with Crippen LogP contribution in [0.2, 0.25) is 0 Å². The molecular weight excluding hydrogens is 433 g/mol. The van der Waals surface area contributed by atoms with E-state index in [4.69, 9.17) is 4.74 Å². The summed E-state index contributed by atoms with van der Waals surface area (Å²) >= 11 is 0. The molecule has 1 amide bonds. The van der Waals surface area contributed by atoms with Crippen LogP contribution in [0.15, 0.2) is 0 Å². The number of hydrogen-bond donors (Lipinski definition) is 1. The van der Waals surface area contributed by atoms with Gasteiger partial charge in [0.05, 0.1) is 5.60 Å². The number of halogens is 5. The first kappa shape index (κ1) is 28.1. The van der Waals surface area contributed by atoms with Crippen molar-refractivity contribution >= 4 is 6.09 Å². The fourth-order valence-electron chi connectivity index (χ4n) is 4.01. The summed E-state index contributed by atoms with van der Waals surface area (Å²) < 4.78 is 77.5. The van der Waals surface area contributed by atoms with E-state index in [-0.39, 0.29) is 12.5 Å². The third-order valence-electron chi connectivity index (χ3n) is 6.11. The minimum absolute atomic E-state index is 0.0682. The van der Waals surface area contributed by atoms with Gasteiger partial charge in [-0.05, 0) is 19.3 Å². The SMILES string of the molecule is CCCCCCCCC(CNC(=O)Oc1c(F)c(F)c(F)c(F)c1F)C(CC)(CC)OC. The number of hydrogen-bond acceptors (Lipinski definition) is 3. The van der Waals surface area contributed by atoms with Gasteiger partial charge in [-0.15, -0.1) is 0 Å². The van der Waals surface area contributed by atoms with Crippen LogP contribution in [0.5, 0.6) is 5.75 Å². The van der Waals surface area contributed by atoms with E-state index < -0.39 is 46.5 Å². The molecule has 0 radical (unpaired) electrons. The number of carbonyl (C=O) groups is 1. The van der Waals surface area contributed by atoms with Gasteiger partial charge in [0, 0.05) is 19.6 Å². The van der Waals surface area contributed by atoms with Crippen molar-refractivity contribution in [3.8, 4) is 5.75 Å². The summed E-state index contributed by atoms with van der Waals surface area (Å²) in [5.74, 6) is -12.8. The number of amides is 1. The van der Waals surface area contributed by atoms with Crippen molar-refractivity contribution in [2.75, 3.05) is 13.7 Å². The van der Waals surface area contributed by atoms with Crippen LogP contribution in [0, 0.1) is 35.0 Å². The Balaban J connectivity index is 2.85. The van der Waals surface area contributed by atoms with E-state index in [1.54, 1.807) is 7.11 Å². The Morgan fingerprint density at radius 2 is 1.34 bits per heavy atom. The summed E-state index contributed by atoms with van der Waals surface area (Å²) in [5.41, 5.74) is -0.526. The highest BCUT2D eigenvalue weighted by atomic mass is 19.2. The lowest BCUT2D eigenvalue weighted by atomic mass is 9.79. The third kappa shape index (κ3) is 7.05. The number of benzene rings is 1. The largest absolute Gasteiger partial charge is 0.412 e. The van der Waals surface area contributed by atoms with E-state index in [1.165, 1.54) is 6.42 Å². The molecule has 0 fully saturated rings. The van der Waals surface area contributed by atoms with E-state index >= 15 is 0 Å². The van der Waals surface area contributed by atoms with Crippen molar-refractivity contribution in [2.45, 2.75) is 84.2 Å². The van der Waals surface area contributed by atoms with Crippen molar-refractivity contribution in [1.29, 1.82) is 0 Å². The monoisotopic (exact) mass is 467 g/mol. The van der Waals surface area contributed by atoms with Crippen molar-refractivity contribution < 1.29 is 36.2 Å². The van der Waals surface area contributed by atoms with Crippen LogP contribution in [-0.2, 0) is 4.74 Å². The quantitative estimate of drug-likeness (QED) is 0.138. The maximum absolute atomic E-state index is 13.8. The van der Waals surface area contributed by atoms with Crippen molar-refractivity contribution in [3.63, 3.8) is 0 Å². The maximum atomic E-state index is 13.8. The lowest BCUT2D eigenvalue weighted by Crippen LogP contribution is -2.45. The summed E-state index contributed by atoms with van der Waals surface area (Å²) in [6, 6.07) is 0. The van der Waals surface area contributed by atoms with E-state index in [0.29, 0.717) is 12.8 Å². The molecule has 1 N–H and O–H groups in total. The molecule has 0 aliphatic carbocycles. The number of nitrogens with one attached hydrogen (secondary N) is 1. The van der Waals surface area contributed by atoms with E-state index in [9.17, 15) is 26.7 Å². The minimum atomic E-state index is -2.32. The Hall–Kier alpha value is -1.90. The molecule has 1 atom stereocenters. The average Bonchev–Trinajstić information content (AvgIpc) is 2.80. The summed E-state index contributed by atoms with van der Waals surface area (Å²) in [4.78, 5) is 12.1. The number of rotatable bonds is 14. The van der Waals surface area contributed by atoms with Crippen LogP contribution in [0.1, 0.15) is 78.6 Å². The molecule has 1 aromatic rings. The van der Waals surface area contributed by atoms with Gasteiger partial charge in [0.1, 0.15) is 0 Å². The van der Waals surface area contributed by atoms with Gasteiger partial charge in [0.25, 0.3) is 0 Å². The van der Waals surface area contributed by atoms with Crippen molar-refractivity contribution in [1.82, 2.24) is 5.32 Å². The third-order valence-corrected chi connectivity index (χ3v) is 6.11. The van der Waals surface area contributed by atoms with Gasteiger partial charge in [-0.2, -0.15) is 8.78 Å². The first-order valence-electron chi connectivity index (χ1n) is 11.2. The molecule has 0 aromatic heterocycles. The van der Waals surface area contributed by atoms with Crippen LogP contribution in [0.4, 0.5) is 26.7 Å². The molecule has 0 saturated heterocycles. The number of unbranched alkanes of at least 4 members (excludes halogenated alkanes) is 5. The number of ether oxygens (including phenoxy) is 2. The smallest absolute Gasteiger partial charge is 0.404 e. The van der Waals surface area contributed by atoms with Crippen LogP contribution in [0.3, 0.4) is 0 Å². The Morgan fingerprint density at radius 3 is 1.84 bits per heavy atom. The topological polar surface area (TPSA) is 47.6 Å². The number of methoxy groups -OCH3 is 1. The summed E-state index contributed by atoms with van der Waals surface area (Å²) in [7, 11) is 1.59. The molecule has 9 heteroatoms. The van der Waals surface area contributed by atoms with E-state index in [1.807, 2.05) is 13.8 Å². The maximum Gasteiger partial charge on any atom is 0.412 e. The zero-order valence-corrected chi connectivity index (χ0v) is 19.3. The average molecular weight is 468 g/mol. The second-order valence-electron chi connectivity index (χ2n) is 7.90. The Kier molecular flexibility index (Phi) is 12.0. The highest BCUT2D eigenvalue weighted by Crippen LogP contribution is 2.33. The van der Waals surface area contributed by atoms with Crippen LogP contribution >= 0.6 is 0 Å². The molecular formula is C23H34F5NO3. The first-order valence-corrected chi connectivity index (χ1v) is 11.2.